The van der Waals surface area contributed by atoms with Crippen LogP contribution in [-0.4, -0.2) is 16.9 Å². The molecule has 1 aliphatic carbocycles. The number of carbonyl (C=O) groups excluding carboxylic acids is 1. The molecule has 0 saturated heterocycles. The summed E-state index contributed by atoms with van der Waals surface area (Å²) in [5.74, 6) is -2.41. The van der Waals surface area contributed by atoms with Crippen LogP contribution < -0.4 is 0 Å². The van der Waals surface area contributed by atoms with Crippen LogP contribution in [0.15, 0.2) is 23.8 Å². The van der Waals surface area contributed by atoms with Crippen molar-refractivity contribution in [3.05, 3.63) is 23.8 Å². The summed E-state index contributed by atoms with van der Waals surface area (Å²) in [6, 6.07) is 0. The van der Waals surface area contributed by atoms with Crippen LogP contribution >= 0.6 is 0 Å². The molecule has 1 aliphatic rings. The lowest BCUT2D eigenvalue weighted by molar-refractivity contribution is -0.143. The summed E-state index contributed by atoms with van der Waals surface area (Å²) in [5.41, 5.74) is 0.799. The van der Waals surface area contributed by atoms with Gasteiger partial charge in [0, 0.05) is 0 Å². The van der Waals surface area contributed by atoms with Crippen LogP contribution in [0.4, 0.5) is 0 Å². The molecule has 0 bridgehead atoms. The SMILES string of the molecule is CC1=CC(=O)C(C(=O)O)C=C1. The summed E-state index contributed by atoms with van der Waals surface area (Å²) in [7, 11) is 0. The molecule has 1 N–H and O–H groups in total. The van der Waals surface area contributed by atoms with Crippen molar-refractivity contribution < 1.29 is 14.7 Å². The largest absolute Gasteiger partial charge is 0.480 e. The maximum atomic E-state index is 10.9. The number of ketones is 1. The van der Waals surface area contributed by atoms with E-state index in [1.807, 2.05) is 0 Å². The Morgan fingerprint density at radius 1 is 1.64 bits per heavy atom. The number of carboxylic acid groups (broad SMARTS) is 1. The average molecular weight is 152 g/mol. The predicted molar refractivity (Wildman–Crippen MR) is 39.0 cm³/mol. The lowest BCUT2D eigenvalue weighted by Crippen LogP contribution is -2.21. The monoisotopic (exact) mass is 152 g/mol. The Labute approximate surface area is 64.0 Å². The lowest BCUT2D eigenvalue weighted by atomic mass is 9.96. The second-order valence-electron chi connectivity index (χ2n) is 2.47. The van der Waals surface area contributed by atoms with Crippen LogP contribution in [-0.2, 0) is 9.59 Å². The molecule has 0 aromatic carbocycles. The second kappa shape index (κ2) is 2.70. The highest BCUT2D eigenvalue weighted by atomic mass is 16.4. The molecule has 0 saturated carbocycles. The second-order valence-corrected chi connectivity index (χ2v) is 2.47. The summed E-state index contributed by atoms with van der Waals surface area (Å²) in [4.78, 5) is 21.3. The number of carboxylic acids is 1. The Balaban J connectivity index is 2.86. The van der Waals surface area contributed by atoms with Crippen LogP contribution in [0.3, 0.4) is 0 Å². The van der Waals surface area contributed by atoms with Crippen molar-refractivity contribution in [3.8, 4) is 0 Å². The number of carbonyl (C=O) groups is 2. The first-order valence-electron chi connectivity index (χ1n) is 3.24. The molecule has 1 unspecified atom stereocenters. The zero-order valence-corrected chi connectivity index (χ0v) is 6.07. The van der Waals surface area contributed by atoms with Crippen molar-refractivity contribution in [2.45, 2.75) is 6.92 Å². The van der Waals surface area contributed by atoms with Gasteiger partial charge in [0.1, 0.15) is 5.92 Å². The molecule has 0 amide bonds. The third kappa shape index (κ3) is 1.55. The van der Waals surface area contributed by atoms with Gasteiger partial charge < -0.3 is 5.11 Å². The Morgan fingerprint density at radius 3 is 2.73 bits per heavy atom. The van der Waals surface area contributed by atoms with Crippen molar-refractivity contribution in [3.63, 3.8) is 0 Å². The number of allylic oxidation sites excluding steroid dienone is 3. The zero-order valence-electron chi connectivity index (χ0n) is 6.07. The minimum absolute atomic E-state index is 0.350. The molecule has 58 valence electrons. The quantitative estimate of drug-likeness (QED) is 0.564. The van der Waals surface area contributed by atoms with Gasteiger partial charge in [0.25, 0.3) is 0 Å². The van der Waals surface area contributed by atoms with Gasteiger partial charge in [-0.3, -0.25) is 9.59 Å². The molecule has 0 aromatic rings. The molecule has 0 heterocycles. The summed E-state index contributed by atoms with van der Waals surface area (Å²) in [5, 5.41) is 8.49. The van der Waals surface area contributed by atoms with Gasteiger partial charge in [-0.1, -0.05) is 12.2 Å². The van der Waals surface area contributed by atoms with Crippen LogP contribution in [0.1, 0.15) is 6.92 Å². The van der Waals surface area contributed by atoms with Crippen LogP contribution in [0, 0.1) is 5.92 Å². The Morgan fingerprint density at radius 2 is 2.27 bits per heavy atom. The van der Waals surface area contributed by atoms with E-state index in [1.165, 1.54) is 12.2 Å². The van der Waals surface area contributed by atoms with E-state index < -0.39 is 11.9 Å². The van der Waals surface area contributed by atoms with Gasteiger partial charge in [0.15, 0.2) is 5.78 Å². The molecule has 0 aliphatic heterocycles. The standard InChI is InChI=1S/C8H8O3/c1-5-2-3-6(8(10)11)7(9)4-5/h2-4,6H,1H3,(H,10,11). The molecular formula is C8H8O3. The number of rotatable bonds is 1. The Bertz CT molecular complexity index is 261. The topological polar surface area (TPSA) is 54.4 Å². The molecule has 1 atom stereocenters. The lowest BCUT2D eigenvalue weighted by Gasteiger charge is -2.07. The maximum Gasteiger partial charge on any atom is 0.318 e. The van der Waals surface area contributed by atoms with Crippen molar-refractivity contribution in [1.29, 1.82) is 0 Å². The molecule has 1 rings (SSSR count). The molecule has 0 spiro atoms. The van der Waals surface area contributed by atoms with E-state index in [4.69, 9.17) is 5.11 Å². The third-order valence-corrected chi connectivity index (χ3v) is 1.49. The third-order valence-electron chi connectivity index (χ3n) is 1.49. The van der Waals surface area contributed by atoms with E-state index in [2.05, 4.69) is 0 Å². The fourth-order valence-corrected chi connectivity index (χ4v) is 0.909. The van der Waals surface area contributed by atoms with Gasteiger partial charge in [-0.15, -0.1) is 0 Å². The van der Waals surface area contributed by atoms with E-state index in [-0.39, 0.29) is 5.78 Å². The smallest absolute Gasteiger partial charge is 0.318 e. The highest BCUT2D eigenvalue weighted by Crippen LogP contribution is 2.12. The first-order chi connectivity index (χ1) is 5.11. The van der Waals surface area contributed by atoms with Crippen LogP contribution in [0.25, 0.3) is 0 Å². The number of hydrogen-bond acceptors (Lipinski definition) is 2. The Kier molecular flexibility index (Phi) is 1.89. The summed E-state index contributed by atoms with van der Waals surface area (Å²) in [6.07, 6.45) is 4.39. The first-order valence-corrected chi connectivity index (χ1v) is 3.24. The summed E-state index contributed by atoms with van der Waals surface area (Å²) < 4.78 is 0. The fourth-order valence-electron chi connectivity index (χ4n) is 0.909. The Hall–Kier alpha value is -1.38. The molecule has 0 aromatic heterocycles. The van der Waals surface area contributed by atoms with E-state index in [0.29, 0.717) is 0 Å². The first kappa shape index (κ1) is 7.72. The van der Waals surface area contributed by atoms with Crippen molar-refractivity contribution >= 4 is 11.8 Å². The van der Waals surface area contributed by atoms with Crippen molar-refractivity contribution in [2.24, 2.45) is 5.92 Å². The summed E-state index contributed by atoms with van der Waals surface area (Å²) >= 11 is 0. The minimum Gasteiger partial charge on any atom is -0.480 e. The van der Waals surface area contributed by atoms with E-state index >= 15 is 0 Å². The fraction of sp³-hybridized carbons (Fsp3) is 0.250. The minimum atomic E-state index is -1.09. The number of aliphatic carboxylic acids is 1. The van der Waals surface area contributed by atoms with E-state index in [0.717, 1.165) is 5.57 Å². The molecule has 3 heteroatoms. The normalized spacial score (nSPS) is 23.2. The van der Waals surface area contributed by atoms with Gasteiger partial charge >= 0.3 is 5.97 Å². The van der Waals surface area contributed by atoms with E-state index in [9.17, 15) is 9.59 Å². The average Bonchev–Trinajstić information content (AvgIpc) is 1.85. The zero-order chi connectivity index (χ0) is 8.43. The maximum absolute atomic E-state index is 10.9. The summed E-state index contributed by atoms with van der Waals surface area (Å²) in [6.45, 7) is 1.76. The van der Waals surface area contributed by atoms with Gasteiger partial charge in [0.05, 0.1) is 0 Å². The molecule has 0 radical (unpaired) electrons. The van der Waals surface area contributed by atoms with Gasteiger partial charge in [0.2, 0.25) is 0 Å². The van der Waals surface area contributed by atoms with Gasteiger partial charge in [-0.2, -0.15) is 0 Å². The van der Waals surface area contributed by atoms with Crippen LogP contribution in [0.5, 0.6) is 0 Å². The molecule has 3 nitrogen and oxygen atoms in total. The van der Waals surface area contributed by atoms with Gasteiger partial charge in [-0.25, -0.2) is 0 Å². The van der Waals surface area contributed by atoms with Crippen LogP contribution in [0.2, 0.25) is 0 Å². The van der Waals surface area contributed by atoms with Gasteiger partial charge in [-0.05, 0) is 18.6 Å². The van der Waals surface area contributed by atoms with Crippen molar-refractivity contribution in [2.75, 3.05) is 0 Å². The molecular weight excluding hydrogens is 144 g/mol. The highest BCUT2D eigenvalue weighted by Gasteiger charge is 2.23. The molecule has 0 fully saturated rings. The number of hydrogen-bond donors (Lipinski definition) is 1. The molecule has 11 heavy (non-hydrogen) atoms. The van der Waals surface area contributed by atoms with Crippen molar-refractivity contribution in [1.82, 2.24) is 0 Å². The highest BCUT2D eigenvalue weighted by molar-refractivity contribution is 6.07. The van der Waals surface area contributed by atoms with E-state index in [1.54, 1.807) is 13.0 Å². The predicted octanol–water partition coefficient (Wildman–Crippen LogP) is 0.772.